The Kier molecular flexibility index (Phi) is 8.49. The van der Waals surface area contributed by atoms with Gasteiger partial charge in [0, 0.05) is 31.7 Å². The Morgan fingerprint density at radius 1 is 1.24 bits per heavy atom. The van der Waals surface area contributed by atoms with Crippen molar-refractivity contribution in [3.63, 3.8) is 0 Å². The number of aromatic nitrogens is 3. The summed E-state index contributed by atoms with van der Waals surface area (Å²) in [5.41, 5.74) is 5.80. The molecular weight excluding hydrogens is 496 g/mol. The number of benzene rings is 1. The molecule has 2 aromatic heterocycles. The van der Waals surface area contributed by atoms with Crippen molar-refractivity contribution >= 4 is 35.0 Å². The van der Waals surface area contributed by atoms with Crippen LogP contribution in [0.5, 0.6) is 5.75 Å². The van der Waals surface area contributed by atoms with Gasteiger partial charge < -0.3 is 19.9 Å². The number of ether oxygens (including phenoxy) is 1. The van der Waals surface area contributed by atoms with Crippen LogP contribution in [0.1, 0.15) is 35.7 Å². The maximum Gasteiger partial charge on any atom is 0.331 e. The summed E-state index contributed by atoms with van der Waals surface area (Å²) >= 11 is 0. The van der Waals surface area contributed by atoms with Gasteiger partial charge >= 0.3 is 5.69 Å². The van der Waals surface area contributed by atoms with Crippen molar-refractivity contribution in [3.05, 3.63) is 56.2 Å². The summed E-state index contributed by atoms with van der Waals surface area (Å²) in [6.45, 7) is 2.56. The number of piperidine rings is 1. The number of carbonyl (C=O) groups excluding carboxylic acids is 1. The van der Waals surface area contributed by atoms with Gasteiger partial charge in [-0.25, -0.2) is 4.79 Å². The Labute approximate surface area is 220 Å². The lowest BCUT2D eigenvalue weighted by molar-refractivity contribution is 0.0968. The SMILES string of the molecule is CC#CCn1c(N2CCCC(N)C2)c(C#N)c2c1c(=O)n(CC(=O)c1cccc(OC)c1)c(=O)n2C.Cl. The van der Waals surface area contributed by atoms with E-state index in [-0.39, 0.29) is 41.6 Å². The normalized spacial score (nSPS) is 14.9. The lowest BCUT2D eigenvalue weighted by Crippen LogP contribution is -2.44. The molecule has 0 amide bonds. The molecule has 4 rings (SSSR count). The second kappa shape index (κ2) is 11.4. The van der Waals surface area contributed by atoms with Crippen LogP contribution < -0.4 is 26.6 Å². The van der Waals surface area contributed by atoms with E-state index in [9.17, 15) is 19.6 Å². The van der Waals surface area contributed by atoms with E-state index in [1.165, 1.54) is 18.7 Å². The second-order valence-electron chi connectivity index (χ2n) is 8.76. The van der Waals surface area contributed by atoms with Gasteiger partial charge in [-0.2, -0.15) is 5.26 Å². The van der Waals surface area contributed by atoms with Gasteiger partial charge in [-0.3, -0.25) is 18.7 Å². The quantitative estimate of drug-likeness (QED) is 0.383. The third kappa shape index (κ3) is 4.99. The molecule has 1 fully saturated rings. The van der Waals surface area contributed by atoms with Crippen LogP contribution in [0.15, 0.2) is 33.9 Å². The summed E-state index contributed by atoms with van der Waals surface area (Å²) in [4.78, 5) is 42.1. The number of nitrogens with two attached hydrogens (primary N) is 1. The molecule has 0 radical (unpaired) electrons. The predicted octanol–water partition coefficient (Wildman–Crippen LogP) is 1.64. The second-order valence-corrected chi connectivity index (χ2v) is 8.76. The zero-order chi connectivity index (χ0) is 26.0. The standard InChI is InChI=1S/C26H28N6O4.ClH/c1-4-5-12-31-23-22(20(14-27)24(31)30-11-7-9-18(28)15-30)29(2)26(35)32(25(23)34)16-21(33)17-8-6-10-19(13-17)36-3;/h6,8,10,13,18H,7,9,11-12,15-16,28H2,1-3H3;1H. The molecule has 3 heterocycles. The first-order valence-corrected chi connectivity index (χ1v) is 11.7. The fourth-order valence-electron chi connectivity index (χ4n) is 4.74. The molecule has 11 heteroatoms. The van der Waals surface area contributed by atoms with Gasteiger partial charge in [-0.05, 0) is 31.9 Å². The number of anilines is 1. The van der Waals surface area contributed by atoms with E-state index in [0.29, 0.717) is 30.2 Å². The molecule has 1 aliphatic heterocycles. The fraction of sp³-hybridized carbons (Fsp3) is 0.385. The maximum absolute atomic E-state index is 13.8. The van der Waals surface area contributed by atoms with Gasteiger partial charge in [0.15, 0.2) is 5.78 Å². The summed E-state index contributed by atoms with van der Waals surface area (Å²) in [6.07, 6.45) is 1.70. The largest absolute Gasteiger partial charge is 0.497 e. The van der Waals surface area contributed by atoms with Gasteiger partial charge in [0.1, 0.15) is 28.7 Å². The first kappa shape index (κ1) is 27.6. The highest BCUT2D eigenvalue weighted by Gasteiger charge is 2.30. The number of Topliss-reactive ketones (excluding diaryl/α,β-unsaturated/α-hetero) is 1. The molecule has 3 aromatic rings. The minimum atomic E-state index is -0.680. The molecule has 0 saturated carbocycles. The van der Waals surface area contributed by atoms with Gasteiger partial charge in [-0.1, -0.05) is 18.1 Å². The van der Waals surface area contributed by atoms with Crippen LogP contribution in [0.2, 0.25) is 0 Å². The summed E-state index contributed by atoms with van der Waals surface area (Å²) in [6, 6.07) is 8.65. The van der Waals surface area contributed by atoms with Crippen LogP contribution >= 0.6 is 12.4 Å². The number of nitrogens with zero attached hydrogens (tertiary/aromatic N) is 5. The minimum Gasteiger partial charge on any atom is -0.497 e. The Balaban J connectivity index is 0.00000380. The lowest BCUT2D eigenvalue weighted by Gasteiger charge is -2.33. The number of nitriles is 1. The predicted molar refractivity (Wildman–Crippen MR) is 144 cm³/mol. The molecule has 2 N–H and O–H groups in total. The molecule has 194 valence electrons. The number of halogens is 1. The van der Waals surface area contributed by atoms with Crippen molar-refractivity contribution in [3.8, 4) is 23.7 Å². The van der Waals surface area contributed by atoms with Gasteiger partial charge in [-0.15, -0.1) is 18.3 Å². The fourth-order valence-corrected chi connectivity index (χ4v) is 4.74. The third-order valence-electron chi connectivity index (χ3n) is 6.49. The highest BCUT2D eigenvalue weighted by atomic mass is 35.5. The molecule has 1 aromatic carbocycles. The van der Waals surface area contributed by atoms with Crippen LogP contribution in [-0.2, 0) is 20.1 Å². The van der Waals surface area contributed by atoms with Crippen LogP contribution in [0.3, 0.4) is 0 Å². The number of methoxy groups -OCH3 is 1. The number of rotatable bonds is 6. The summed E-state index contributed by atoms with van der Waals surface area (Å²) in [7, 11) is 2.99. The van der Waals surface area contributed by atoms with Crippen molar-refractivity contribution in [1.29, 1.82) is 5.26 Å². The molecular formula is C26H29ClN6O4. The van der Waals surface area contributed by atoms with Crippen LogP contribution in [0.4, 0.5) is 5.82 Å². The average molecular weight is 525 g/mol. The smallest absolute Gasteiger partial charge is 0.331 e. The van der Waals surface area contributed by atoms with E-state index in [4.69, 9.17) is 10.5 Å². The topological polar surface area (TPSA) is 128 Å². The van der Waals surface area contributed by atoms with Gasteiger partial charge in [0.25, 0.3) is 5.56 Å². The molecule has 37 heavy (non-hydrogen) atoms. The number of fused-ring (bicyclic) bond motifs is 1. The van der Waals surface area contributed by atoms with Crippen LogP contribution in [0, 0.1) is 23.2 Å². The van der Waals surface area contributed by atoms with Gasteiger partial charge in [0.2, 0.25) is 0 Å². The van der Waals surface area contributed by atoms with Crippen LogP contribution in [0.25, 0.3) is 11.0 Å². The average Bonchev–Trinajstić information content (AvgIpc) is 3.22. The third-order valence-corrected chi connectivity index (χ3v) is 6.49. The van der Waals surface area contributed by atoms with Crippen molar-refractivity contribution in [2.24, 2.45) is 12.8 Å². The van der Waals surface area contributed by atoms with Gasteiger partial charge in [0.05, 0.1) is 25.7 Å². The first-order valence-electron chi connectivity index (χ1n) is 11.7. The molecule has 0 bridgehead atoms. The molecule has 1 unspecified atom stereocenters. The van der Waals surface area contributed by atoms with E-state index in [0.717, 1.165) is 17.4 Å². The zero-order valence-corrected chi connectivity index (χ0v) is 21.8. The number of ketones is 1. The lowest BCUT2D eigenvalue weighted by atomic mass is 10.1. The Bertz CT molecular complexity index is 1570. The molecule has 10 nitrogen and oxygen atoms in total. The molecule has 1 aliphatic rings. The Morgan fingerprint density at radius 2 is 2.00 bits per heavy atom. The Morgan fingerprint density at radius 3 is 2.65 bits per heavy atom. The zero-order valence-electron chi connectivity index (χ0n) is 21.0. The van der Waals surface area contributed by atoms with E-state index in [1.54, 1.807) is 35.8 Å². The summed E-state index contributed by atoms with van der Waals surface area (Å²) in [5, 5.41) is 10.1. The molecule has 1 saturated heterocycles. The van der Waals surface area contributed by atoms with E-state index < -0.39 is 23.6 Å². The van der Waals surface area contributed by atoms with E-state index in [1.807, 2.05) is 4.90 Å². The number of aryl methyl sites for hydroxylation is 1. The number of hydrogen-bond donors (Lipinski definition) is 1. The van der Waals surface area contributed by atoms with Crippen molar-refractivity contribution in [2.45, 2.75) is 38.9 Å². The van der Waals surface area contributed by atoms with Crippen molar-refractivity contribution in [1.82, 2.24) is 13.7 Å². The maximum atomic E-state index is 13.8. The highest BCUT2D eigenvalue weighted by Crippen LogP contribution is 2.32. The molecule has 1 atom stereocenters. The minimum absolute atomic E-state index is 0. The van der Waals surface area contributed by atoms with E-state index >= 15 is 0 Å². The monoisotopic (exact) mass is 524 g/mol. The molecule has 0 aliphatic carbocycles. The van der Waals surface area contributed by atoms with Crippen LogP contribution in [-0.4, -0.2) is 45.7 Å². The molecule has 0 spiro atoms. The number of carbonyl (C=O) groups is 1. The summed E-state index contributed by atoms with van der Waals surface area (Å²) in [5.74, 6) is 6.41. The highest BCUT2D eigenvalue weighted by molar-refractivity contribution is 5.96. The van der Waals surface area contributed by atoms with E-state index in [2.05, 4.69) is 17.9 Å². The van der Waals surface area contributed by atoms with Crippen molar-refractivity contribution in [2.75, 3.05) is 25.1 Å². The Hall–Kier alpha value is -3.99. The number of hydrogen-bond acceptors (Lipinski definition) is 7. The first-order chi connectivity index (χ1) is 17.3. The van der Waals surface area contributed by atoms with Crippen molar-refractivity contribution < 1.29 is 9.53 Å². The summed E-state index contributed by atoms with van der Waals surface area (Å²) < 4.78 is 9.03.